The van der Waals surface area contributed by atoms with Gasteiger partial charge in [0.2, 0.25) is 5.13 Å². The van der Waals surface area contributed by atoms with Gasteiger partial charge in [0.15, 0.2) is 0 Å². The highest BCUT2D eigenvalue weighted by Crippen LogP contribution is 2.32. The fourth-order valence-corrected chi connectivity index (χ4v) is 2.97. The molecule has 3 aromatic rings. The molecular weight excluding hydrogens is 336 g/mol. The van der Waals surface area contributed by atoms with Gasteiger partial charge in [0, 0.05) is 0 Å². The second kappa shape index (κ2) is 6.79. The van der Waals surface area contributed by atoms with Crippen LogP contribution in [0.25, 0.3) is 10.2 Å². The molecule has 1 heterocycles. The lowest BCUT2D eigenvalue weighted by Gasteiger charge is -2.07. The van der Waals surface area contributed by atoms with Gasteiger partial charge >= 0.3 is 0 Å². The molecule has 3 rings (SSSR count). The van der Waals surface area contributed by atoms with Crippen LogP contribution in [-0.2, 0) is 0 Å². The van der Waals surface area contributed by atoms with E-state index in [-0.39, 0.29) is 0 Å². The third-order valence-corrected chi connectivity index (χ3v) is 4.09. The van der Waals surface area contributed by atoms with Crippen molar-refractivity contribution in [1.29, 1.82) is 0 Å². The number of aromatic nitrogens is 1. The van der Waals surface area contributed by atoms with Crippen LogP contribution in [-0.4, -0.2) is 17.5 Å². The largest absolute Gasteiger partial charge is 0.492 e. The lowest BCUT2D eigenvalue weighted by Crippen LogP contribution is -2.30. The van der Waals surface area contributed by atoms with E-state index < -0.39 is 23.1 Å². The molecule has 0 fully saturated rings. The molecule has 0 unspecified atom stereocenters. The third kappa shape index (κ3) is 3.13. The van der Waals surface area contributed by atoms with Crippen LogP contribution in [0, 0.1) is 11.6 Å². The molecular formula is C16H13F2N3O2S. The second-order valence-electron chi connectivity index (χ2n) is 4.73. The van der Waals surface area contributed by atoms with Gasteiger partial charge in [-0.3, -0.25) is 15.6 Å². The predicted octanol–water partition coefficient (Wildman–Crippen LogP) is 3.73. The first-order valence-electron chi connectivity index (χ1n) is 7.13. The molecule has 2 aromatic carbocycles. The van der Waals surface area contributed by atoms with Crippen molar-refractivity contribution in [3.05, 3.63) is 53.6 Å². The summed E-state index contributed by atoms with van der Waals surface area (Å²) < 4.78 is 33.5. The van der Waals surface area contributed by atoms with Gasteiger partial charge in [-0.2, -0.15) is 0 Å². The van der Waals surface area contributed by atoms with E-state index >= 15 is 0 Å². The highest BCUT2D eigenvalue weighted by molar-refractivity contribution is 7.22. The molecule has 1 aromatic heterocycles. The van der Waals surface area contributed by atoms with Crippen LogP contribution in [0.3, 0.4) is 0 Å². The number of fused-ring (bicyclic) bond motifs is 1. The van der Waals surface area contributed by atoms with Crippen LogP contribution in [0.4, 0.5) is 13.9 Å². The third-order valence-electron chi connectivity index (χ3n) is 3.15. The van der Waals surface area contributed by atoms with Crippen LogP contribution < -0.4 is 15.6 Å². The first kappa shape index (κ1) is 16.1. The van der Waals surface area contributed by atoms with Crippen molar-refractivity contribution in [2.45, 2.75) is 6.92 Å². The zero-order valence-corrected chi connectivity index (χ0v) is 13.4. The number of amides is 1. The van der Waals surface area contributed by atoms with E-state index in [9.17, 15) is 13.6 Å². The summed E-state index contributed by atoms with van der Waals surface area (Å²) in [5, 5.41) is 0.377. The Balaban J connectivity index is 1.78. The van der Waals surface area contributed by atoms with Gasteiger partial charge in [-0.25, -0.2) is 13.8 Å². The summed E-state index contributed by atoms with van der Waals surface area (Å²) in [6.45, 7) is 2.37. The van der Waals surface area contributed by atoms with E-state index in [0.29, 0.717) is 23.0 Å². The highest BCUT2D eigenvalue weighted by Gasteiger charge is 2.17. The predicted molar refractivity (Wildman–Crippen MR) is 88.2 cm³/mol. The Morgan fingerprint density at radius 2 is 1.92 bits per heavy atom. The lowest BCUT2D eigenvalue weighted by atomic mass is 10.2. The summed E-state index contributed by atoms with van der Waals surface area (Å²) >= 11 is 1.28. The number of hydrogen-bond donors (Lipinski definition) is 2. The summed E-state index contributed by atoms with van der Waals surface area (Å²) in [7, 11) is 0. The Kier molecular flexibility index (Phi) is 4.57. The molecule has 8 heteroatoms. The molecule has 0 aliphatic heterocycles. The fourth-order valence-electron chi connectivity index (χ4n) is 2.14. The lowest BCUT2D eigenvalue weighted by molar-refractivity contribution is 0.0954. The first-order chi connectivity index (χ1) is 11.6. The molecule has 124 valence electrons. The van der Waals surface area contributed by atoms with Crippen molar-refractivity contribution in [1.82, 2.24) is 10.4 Å². The molecule has 0 bridgehead atoms. The SMILES string of the molecule is CCOc1cccc2sc(NNC(=O)c3c(F)cccc3F)nc12. The Hall–Kier alpha value is -2.74. The van der Waals surface area contributed by atoms with E-state index in [0.717, 1.165) is 16.8 Å². The number of thiazole rings is 1. The van der Waals surface area contributed by atoms with Gasteiger partial charge in [-0.05, 0) is 31.2 Å². The molecule has 0 atom stereocenters. The maximum Gasteiger partial charge on any atom is 0.275 e. The smallest absolute Gasteiger partial charge is 0.275 e. The standard InChI is InChI=1S/C16H13F2N3O2S/c1-2-23-11-7-4-8-12-14(11)19-16(24-12)21-20-15(22)13-9(17)5-3-6-10(13)18/h3-8H,2H2,1H3,(H,19,21)(H,20,22). The van der Waals surface area contributed by atoms with Crippen LogP contribution in [0.1, 0.15) is 17.3 Å². The normalized spacial score (nSPS) is 10.6. The summed E-state index contributed by atoms with van der Waals surface area (Å²) in [5.74, 6) is -2.16. The fraction of sp³-hybridized carbons (Fsp3) is 0.125. The molecule has 1 amide bonds. The molecule has 0 aliphatic carbocycles. The summed E-state index contributed by atoms with van der Waals surface area (Å²) in [6.07, 6.45) is 0. The zero-order chi connectivity index (χ0) is 17.1. The van der Waals surface area contributed by atoms with E-state index in [2.05, 4.69) is 15.8 Å². The molecule has 0 spiro atoms. The molecule has 5 nitrogen and oxygen atoms in total. The summed E-state index contributed by atoms with van der Waals surface area (Å²) in [6, 6.07) is 8.72. The van der Waals surface area contributed by atoms with Gasteiger partial charge in [0.25, 0.3) is 5.91 Å². The molecule has 24 heavy (non-hydrogen) atoms. The zero-order valence-electron chi connectivity index (χ0n) is 12.6. The Morgan fingerprint density at radius 3 is 2.62 bits per heavy atom. The minimum atomic E-state index is -0.933. The maximum absolute atomic E-state index is 13.6. The van der Waals surface area contributed by atoms with E-state index in [1.807, 2.05) is 19.1 Å². The van der Waals surface area contributed by atoms with Gasteiger partial charge < -0.3 is 4.74 Å². The Labute approximate surface area is 140 Å². The first-order valence-corrected chi connectivity index (χ1v) is 7.94. The number of carbonyl (C=O) groups is 1. The van der Waals surface area contributed by atoms with E-state index in [4.69, 9.17) is 4.74 Å². The van der Waals surface area contributed by atoms with Gasteiger partial charge in [-0.15, -0.1) is 0 Å². The molecule has 0 saturated heterocycles. The van der Waals surface area contributed by atoms with Crippen LogP contribution in [0.2, 0.25) is 0 Å². The maximum atomic E-state index is 13.6. The average Bonchev–Trinajstić information content (AvgIpc) is 2.97. The Morgan fingerprint density at radius 1 is 1.21 bits per heavy atom. The number of benzene rings is 2. The van der Waals surface area contributed by atoms with Gasteiger partial charge in [-0.1, -0.05) is 23.5 Å². The number of hydrogen-bond acceptors (Lipinski definition) is 5. The number of halogens is 2. The number of anilines is 1. The molecule has 0 aliphatic rings. The van der Waals surface area contributed by atoms with Crippen LogP contribution >= 0.6 is 11.3 Å². The van der Waals surface area contributed by atoms with Crippen LogP contribution in [0.5, 0.6) is 5.75 Å². The van der Waals surface area contributed by atoms with Crippen LogP contribution in [0.15, 0.2) is 36.4 Å². The average molecular weight is 349 g/mol. The molecule has 2 N–H and O–H groups in total. The summed E-state index contributed by atoms with van der Waals surface area (Å²) in [4.78, 5) is 16.3. The molecule has 0 radical (unpaired) electrons. The van der Waals surface area contributed by atoms with Crippen molar-refractivity contribution in [3.63, 3.8) is 0 Å². The number of rotatable bonds is 5. The van der Waals surface area contributed by atoms with Crippen molar-refractivity contribution in [3.8, 4) is 5.75 Å². The number of carbonyl (C=O) groups excluding carboxylic acids is 1. The number of nitrogens with zero attached hydrogens (tertiary/aromatic N) is 1. The minimum absolute atomic E-state index is 0.377. The van der Waals surface area contributed by atoms with Crippen molar-refractivity contribution in [2.75, 3.05) is 12.0 Å². The number of hydrazine groups is 1. The number of para-hydroxylation sites is 1. The Bertz CT molecular complexity index is 878. The molecule has 0 saturated carbocycles. The van der Waals surface area contributed by atoms with Gasteiger partial charge in [0.1, 0.15) is 28.5 Å². The van der Waals surface area contributed by atoms with E-state index in [1.165, 1.54) is 17.4 Å². The van der Waals surface area contributed by atoms with Crippen molar-refractivity contribution < 1.29 is 18.3 Å². The van der Waals surface area contributed by atoms with Crippen molar-refractivity contribution in [2.24, 2.45) is 0 Å². The highest BCUT2D eigenvalue weighted by atomic mass is 32.1. The number of nitrogens with one attached hydrogen (secondary N) is 2. The topological polar surface area (TPSA) is 63.2 Å². The second-order valence-corrected chi connectivity index (χ2v) is 5.76. The summed E-state index contributed by atoms with van der Waals surface area (Å²) in [5.41, 5.74) is 4.82. The number of ether oxygens (including phenoxy) is 1. The minimum Gasteiger partial charge on any atom is -0.492 e. The quantitative estimate of drug-likeness (QED) is 0.689. The van der Waals surface area contributed by atoms with E-state index in [1.54, 1.807) is 6.07 Å². The monoisotopic (exact) mass is 349 g/mol. The van der Waals surface area contributed by atoms with Crippen molar-refractivity contribution >= 4 is 32.6 Å². The van der Waals surface area contributed by atoms with Gasteiger partial charge in [0.05, 0.1) is 11.3 Å².